The number of hydrogen-bond acceptors (Lipinski definition) is 6. The van der Waals surface area contributed by atoms with Crippen LogP contribution in [-0.4, -0.2) is 38.2 Å². The molecule has 0 bridgehead atoms. The van der Waals surface area contributed by atoms with E-state index in [2.05, 4.69) is 14.8 Å². The van der Waals surface area contributed by atoms with E-state index < -0.39 is 6.11 Å². The van der Waals surface area contributed by atoms with E-state index in [1.807, 2.05) is 0 Å². The smallest absolute Gasteiger partial charge is 0.394 e. The molecule has 0 spiro atoms. The van der Waals surface area contributed by atoms with E-state index in [0.29, 0.717) is 47.9 Å². The minimum absolute atomic E-state index is 0.0484. The summed E-state index contributed by atoms with van der Waals surface area (Å²) in [5.74, 6) is 0.659. The predicted molar refractivity (Wildman–Crippen MR) is 97.7 cm³/mol. The number of nitrogens with two attached hydrogens (primary N) is 1. The number of benzene rings is 1. The molecule has 148 valence electrons. The molecule has 28 heavy (non-hydrogen) atoms. The van der Waals surface area contributed by atoms with Crippen molar-refractivity contribution in [1.29, 1.82) is 0 Å². The maximum Gasteiger partial charge on any atom is 0.394 e. The number of aromatic nitrogens is 3. The van der Waals surface area contributed by atoms with E-state index in [-0.39, 0.29) is 24.5 Å². The number of fused-ring (bicyclic) bond motifs is 1. The van der Waals surface area contributed by atoms with Crippen molar-refractivity contribution in [2.24, 2.45) is 5.73 Å². The van der Waals surface area contributed by atoms with Crippen molar-refractivity contribution in [3.8, 4) is 17.2 Å². The Bertz CT molecular complexity index is 979. The molecule has 0 unspecified atom stereocenters. The number of aliphatic hydroxyl groups is 1. The fraction of sp³-hybridized carbons (Fsp3) is 0.368. The van der Waals surface area contributed by atoms with Gasteiger partial charge >= 0.3 is 6.11 Å². The van der Waals surface area contributed by atoms with Gasteiger partial charge in [0.25, 0.3) is 0 Å². The Kier molecular flexibility index (Phi) is 4.64. The Labute approximate surface area is 159 Å². The summed E-state index contributed by atoms with van der Waals surface area (Å²) in [7, 11) is 0. The van der Waals surface area contributed by atoms with Gasteiger partial charge in [-0.2, -0.15) is 13.9 Å². The molecule has 1 aromatic carbocycles. The Morgan fingerprint density at radius 1 is 1.25 bits per heavy atom. The molecule has 1 fully saturated rings. The summed E-state index contributed by atoms with van der Waals surface area (Å²) in [5.41, 5.74) is 7.65. The van der Waals surface area contributed by atoms with Gasteiger partial charge in [0.15, 0.2) is 5.65 Å². The monoisotopic (exact) mass is 390 g/mol. The van der Waals surface area contributed by atoms with Gasteiger partial charge in [0.2, 0.25) is 0 Å². The fourth-order valence-electron chi connectivity index (χ4n) is 3.18. The SMILES string of the molecule is CC(F)(F)Oc1ccc(-n2nc(CN)c3c(OC4CC(O)C4)ccnc32)cc1. The summed E-state index contributed by atoms with van der Waals surface area (Å²) >= 11 is 0. The number of alkyl halides is 2. The zero-order chi connectivity index (χ0) is 19.9. The van der Waals surface area contributed by atoms with Crippen molar-refractivity contribution >= 4 is 11.0 Å². The molecule has 0 radical (unpaired) electrons. The third-order valence-electron chi connectivity index (χ3n) is 4.54. The van der Waals surface area contributed by atoms with E-state index in [0.717, 1.165) is 0 Å². The minimum Gasteiger partial charge on any atom is -0.489 e. The van der Waals surface area contributed by atoms with Crippen LogP contribution < -0.4 is 15.2 Å². The van der Waals surface area contributed by atoms with Gasteiger partial charge < -0.3 is 20.3 Å². The molecular formula is C19H20F2N4O3. The first-order valence-corrected chi connectivity index (χ1v) is 8.93. The highest BCUT2D eigenvalue weighted by Gasteiger charge is 2.30. The fourth-order valence-corrected chi connectivity index (χ4v) is 3.18. The lowest BCUT2D eigenvalue weighted by Gasteiger charge is -2.31. The molecule has 4 rings (SSSR count). The predicted octanol–water partition coefficient (Wildman–Crippen LogP) is 2.77. The Balaban J connectivity index is 1.70. The number of halogens is 2. The molecule has 1 aliphatic rings. The molecule has 0 atom stereocenters. The molecule has 3 aromatic rings. The van der Waals surface area contributed by atoms with Gasteiger partial charge in [-0.05, 0) is 30.3 Å². The number of hydrogen-bond donors (Lipinski definition) is 2. The van der Waals surface area contributed by atoms with Gasteiger partial charge in [-0.1, -0.05) is 0 Å². The van der Waals surface area contributed by atoms with Crippen molar-refractivity contribution in [2.45, 2.75) is 44.6 Å². The molecule has 2 heterocycles. The molecule has 2 aromatic heterocycles. The quantitative estimate of drug-likeness (QED) is 0.672. The van der Waals surface area contributed by atoms with Gasteiger partial charge in [0.05, 0.1) is 22.9 Å². The summed E-state index contributed by atoms with van der Waals surface area (Å²) in [5, 5.41) is 14.7. The normalized spacial score (nSPS) is 19.5. The molecule has 3 N–H and O–H groups in total. The van der Waals surface area contributed by atoms with Crippen LogP contribution in [-0.2, 0) is 6.54 Å². The zero-order valence-electron chi connectivity index (χ0n) is 15.2. The first-order valence-electron chi connectivity index (χ1n) is 8.93. The maximum absolute atomic E-state index is 13.0. The number of aliphatic hydroxyl groups excluding tert-OH is 1. The first kappa shape index (κ1) is 18.6. The summed E-state index contributed by atoms with van der Waals surface area (Å²) in [6, 6.07) is 7.87. The zero-order valence-corrected chi connectivity index (χ0v) is 15.2. The highest BCUT2D eigenvalue weighted by atomic mass is 19.3. The van der Waals surface area contributed by atoms with Crippen molar-refractivity contribution < 1.29 is 23.4 Å². The summed E-state index contributed by atoms with van der Waals surface area (Å²) in [4.78, 5) is 4.40. The number of ether oxygens (including phenoxy) is 2. The van der Waals surface area contributed by atoms with E-state index in [1.54, 1.807) is 29.1 Å². The van der Waals surface area contributed by atoms with Crippen molar-refractivity contribution in [3.63, 3.8) is 0 Å². The van der Waals surface area contributed by atoms with Crippen LogP contribution in [0.1, 0.15) is 25.5 Å². The van der Waals surface area contributed by atoms with Gasteiger partial charge in [-0.15, -0.1) is 0 Å². The summed E-state index contributed by atoms with van der Waals surface area (Å²) < 4.78 is 38.1. The van der Waals surface area contributed by atoms with Gasteiger partial charge in [-0.3, -0.25) is 0 Å². The average molecular weight is 390 g/mol. The Morgan fingerprint density at radius 3 is 2.57 bits per heavy atom. The maximum atomic E-state index is 13.0. The standard InChI is InChI=1S/C19H20F2N4O3/c1-19(20,21)28-13-4-2-11(3-5-13)25-18-17(15(10-22)24-25)16(6-7-23-18)27-14-8-12(26)9-14/h2-7,12,14,26H,8-10,22H2,1H3. The Morgan fingerprint density at radius 2 is 1.96 bits per heavy atom. The lowest BCUT2D eigenvalue weighted by atomic mass is 9.92. The third-order valence-corrected chi connectivity index (χ3v) is 4.54. The van der Waals surface area contributed by atoms with Crippen molar-refractivity contribution in [1.82, 2.24) is 14.8 Å². The second-order valence-corrected chi connectivity index (χ2v) is 6.84. The molecule has 1 aliphatic carbocycles. The highest BCUT2D eigenvalue weighted by Crippen LogP contribution is 2.33. The molecule has 1 saturated carbocycles. The van der Waals surface area contributed by atoms with Crippen LogP contribution in [0.5, 0.6) is 11.5 Å². The van der Waals surface area contributed by atoms with Crippen LogP contribution in [0, 0.1) is 0 Å². The largest absolute Gasteiger partial charge is 0.489 e. The van der Waals surface area contributed by atoms with Crippen molar-refractivity contribution in [2.75, 3.05) is 0 Å². The minimum atomic E-state index is -3.25. The van der Waals surface area contributed by atoms with E-state index in [4.69, 9.17) is 10.5 Å². The highest BCUT2D eigenvalue weighted by molar-refractivity contribution is 5.86. The lowest BCUT2D eigenvalue weighted by molar-refractivity contribution is -0.158. The molecule has 7 nitrogen and oxygen atoms in total. The number of rotatable bonds is 6. The van der Waals surface area contributed by atoms with Crippen LogP contribution in [0.25, 0.3) is 16.7 Å². The van der Waals surface area contributed by atoms with Gasteiger partial charge in [0.1, 0.15) is 17.6 Å². The average Bonchev–Trinajstić information content (AvgIpc) is 2.99. The second-order valence-electron chi connectivity index (χ2n) is 6.84. The van der Waals surface area contributed by atoms with Crippen LogP contribution >= 0.6 is 0 Å². The van der Waals surface area contributed by atoms with E-state index >= 15 is 0 Å². The number of nitrogens with zero attached hydrogens (tertiary/aromatic N) is 3. The van der Waals surface area contributed by atoms with E-state index in [9.17, 15) is 13.9 Å². The van der Waals surface area contributed by atoms with Gasteiger partial charge in [-0.25, -0.2) is 9.67 Å². The van der Waals surface area contributed by atoms with E-state index in [1.165, 1.54) is 12.1 Å². The van der Waals surface area contributed by atoms with Gasteiger partial charge in [0, 0.05) is 32.5 Å². The van der Waals surface area contributed by atoms with Crippen LogP contribution in [0.3, 0.4) is 0 Å². The van der Waals surface area contributed by atoms with Crippen LogP contribution in [0.4, 0.5) is 8.78 Å². The topological polar surface area (TPSA) is 95.4 Å². The Hall–Kier alpha value is -2.78. The molecular weight excluding hydrogens is 370 g/mol. The lowest BCUT2D eigenvalue weighted by Crippen LogP contribution is -2.37. The summed E-state index contributed by atoms with van der Waals surface area (Å²) in [6.45, 7) is 0.865. The van der Waals surface area contributed by atoms with Crippen molar-refractivity contribution in [3.05, 3.63) is 42.2 Å². The molecule has 9 heteroatoms. The van der Waals surface area contributed by atoms with Crippen LogP contribution in [0.15, 0.2) is 36.5 Å². The second kappa shape index (κ2) is 6.99. The molecule has 0 aliphatic heterocycles. The number of pyridine rings is 1. The van der Waals surface area contributed by atoms with Crippen LogP contribution in [0.2, 0.25) is 0 Å². The summed E-state index contributed by atoms with van der Waals surface area (Å²) in [6.07, 6.45) is -0.855. The molecule has 0 amide bonds. The third kappa shape index (κ3) is 3.63. The molecule has 0 saturated heterocycles. The first-order chi connectivity index (χ1) is 13.3.